The number of ether oxygens (including phenoxy) is 1. The average molecular weight is 373 g/mol. The second-order valence-electron chi connectivity index (χ2n) is 6.61. The molecule has 26 heavy (non-hydrogen) atoms. The summed E-state index contributed by atoms with van der Waals surface area (Å²) in [5, 5.41) is 19.9. The van der Waals surface area contributed by atoms with Crippen LogP contribution in [-0.2, 0) is 0 Å². The van der Waals surface area contributed by atoms with E-state index in [0.717, 1.165) is 36.2 Å². The van der Waals surface area contributed by atoms with Gasteiger partial charge < -0.3 is 9.84 Å². The first kappa shape index (κ1) is 17.1. The maximum Gasteiger partial charge on any atom is 0.128 e. The fourth-order valence-electron chi connectivity index (χ4n) is 3.58. The Morgan fingerprint density at radius 1 is 1.31 bits per heavy atom. The van der Waals surface area contributed by atoms with E-state index in [1.165, 1.54) is 0 Å². The molecule has 1 saturated carbocycles. The third-order valence-corrected chi connectivity index (χ3v) is 5.11. The van der Waals surface area contributed by atoms with Crippen LogP contribution >= 0.6 is 11.6 Å². The van der Waals surface area contributed by atoms with Gasteiger partial charge in [-0.2, -0.15) is 10.2 Å². The van der Waals surface area contributed by atoms with Gasteiger partial charge in [0.25, 0.3) is 0 Å². The lowest BCUT2D eigenvalue weighted by Crippen LogP contribution is -2.22. The smallest absolute Gasteiger partial charge is 0.128 e. The minimum absolute atomic E-state index is 0.173. The van der Waals surface area contributed by atoms with E-state index in [4.69, 9.17) is 21.4 Å². The molecule has 2 atom stereocenters. The average Bonchev–Trinajstić information content (AvgIpc) is 3.31. The van der Waals surface area contributed by atoms with Crippen molar-refractivity contribution in [2.45, 2.75) is 37.8 Å². The predicted molar refractivity (Wildman–Crippen MR) is 99.9 cm³/mol. The van der Waals surface area contributed by atoms with E-state index in [2.05, 4.69) is 5.10 Å². The van der Waals surface area contributed by atoms with Crippen LogP contribution in [0.4, 0.5) is 0 Å². The molecule has 4 rings (SSSR count). The van der Waals surface area contributed by atoms with E-state index in [-0.39, 0.29) is 12.1 Å². The third kappa shape index (κ3) is 3.22. The molecule has 1 aliphatic rings. The Bertz CT molecular complexity index is 891. The van der Waals surface area contributed by atoms with E-state index < -0.39 is 0 Å². The zero-order valence-electron chi connectivity index (χ0n) is 14.5. The largest absolute Gasteiger partial charge is 0.496 e. The Morgan fingerprint density at radius 3 is 2.92 bits per heavy atom. The summed E-state index contributed by atoms with van der Waals surface area (Å²) < 4.78 is 9.26. The molecular formula is C19H21ClN4O2. The molecule has 0 unspecified atom stereocenters. The first-order valence-corrected chi connectivity index (χ1v) is 9.14. The lowest BCUT2D eigenvalue weighted by atomic mass is 9.93. The number of nitrogens with zero attached hydrogens (tertiary/aromatic N) is 4. The first-order chi connectivity index (χ1) is 12.7. The Hall–Kier alpha value is -2.31. The summed E-state index contributed by atoms with van der Waals surface area (Å²) in [5.41, 5.74) is 2.43. The summed E-state index contributed by atoms with van der Waals surface area (Å²) in [7, 11) is 1.63. The van der Waals surface area contributed by atoms with Gasteiger partial charge in [0.05, 0.1) is 25.5 Å². The Kier molecular flexibility index (Phi) is 4.70. The molecule has 2 heterocycles. The van der Waals surface area contributed by atoms with Gasteiger partial charge in [-0.15, -0.1) is 0 Å². The molecule has 6 nitrogen and oxygen atoms in total. The highest BCUT2D eigenvalue weighted by atomic mass is 35.5. The van der Waals surface area contributed by atoms with Crippen LogP contribution in [-0.4, -0.2) is 37.9 Å². The molecule has 1 aliphatic carbocycles. The van der Waals surface area contributed by atoms with Crippen LogP contribution in [0.15, 0.2) is 42.9 Å². The summed E-state index contributed by atoms with van der Waals surface area (Å²) in [5.74, 6) is 0.705. The minimum Gasteiger partial charge on any atom is -0.496 e. The summed E-state index contributed by atoms with van der Waals surface area (Å²) >= 11 is 6.23. The Labute approximate surface area is 157 Å². The number of benzene rings is 1. The van der Waals surface area contributed by atoms with Crippen molar-refractivity contribution in [2.24, 2.45) is 0 Å². The fourth-order valence-corrected chi connectivity index (χ4v) is 3.76. The molecule has 0 bridgehead atoms. The number of hydrogen-bond donors (Lipinski definition) is 1. The zero-order valence-corrected chi connectivity index (χ0v) is 15.3. The predicted octanol–water partition coefficient (Wildman–Crippen LogP) is 3.87. The fraction of sp³-hybridized carbons (Fsp3) is 0.368. The molecule has 3 aromatic rings. The quantitative estimate of drug-likeness (QED) is 0.754. The van der Waals surface area contributed by atoms with Crippen LogP contribution < -0.4 is 4.74 Å². The van der Waals surface area contributed by atoms with Crippen molar-refractivity contribution in [3.8, 4) is 22.7 Å². The van der Waals surface area contributed by atoms with E-state index in [1.807, 2.05) is 35.3 Å². The number of hydrogen-bond acceptors (Lipinski definition) is 4. The molecule has 0 aliphatic heterocycles. The van der Waals surface area contributed by atoms with Crippen molar-refractivity contribution >= 4 is 11.6 Å². The Morgan fingerprint density at radius 2 is 2.19 bits per heavy atom. The number of aliphatic hydroxyl groups is 1. The molecule has 2 aromatic heterocycles. The van der Waals surface area contributed by atoms with E-state index in [0.29, 0.717) is 17.2 Å². The molecule has 7 heteroatoms. The highest BCUT2D eigenvalue weighted by Crippen LogP contribution is 2.37. The zero-order chi connectivity index (χ0) is 18.1. The van der Waals surface area contributed by atoms with Gasteiger partial charge in [0.15, 0.2) is 0 Å². The van der Waals surface area contributed by atoms with Crippen LogP contribution in [0.1, 0.15) is 31.7 Å². The van der Waals surface area contributed by atoms with Crippen molar-refractivity contribution in [3.63, 3.8) is 0 Å². The Balaban J connectivity index is 1.84. The van der Waals surface area contributed by atoms with Gasteiger partial charge in [-0.05, 0) is 49.9 Å². The highest BCUT2D eigenvalue weighted by Gasteiger charge is 2.25. The number of rotatable bonds is 4. The monoisotopic (exact) mass is 372 g/mol. The van der Waals surface area contributed by atoms with Crippen molar-refractivity contribution < 1.29 is 9.84 Å². The van der Waals surface area contributed by atoms with E-state index >= 15 is 0 Å². The second kappa shape index (κ2) is 7.13. The molecule has 1 N–H and O–H groups in total. The van der Waals surface area contributed by atoms with Gasteiger partial charge in [-0.25, -0.2) is 4.68 Å². The molecule has 0 spiro atoms. The molecule has 0 amide bonds. The van der Waals surface area contributed by atoms with Crippen LogP contribution in [0.5, 0.6) is 5.75 Å². The number of methoxy groups -OCH3 is 1. The SMILES string of the molecule is COc1ccc(Cl)cc1-c1nn([C@H]2CCC[C@@H](O)C2)cc1-n1cccn1. The molecule has 0 radical (unpaired) electrons. The number of halogens is 1. The standard InChI is InChI=1S/C19H21ClN4O2/c1-26-18-7-6-13(20)10-16(18)19-17(23-9-3-8-21-23)12-24(22-19)14-4-2-5-15(25)11-14/h3,6-10,12,14-15,25H,2,4-5,11H2,1H3/t14-,15+/m0/s1. The summed E-state index contributed by atoms with van der Waals surface area (Å²) in [6.45, 7) is 0. The van der Waals surface area contributed by atoms with Crippen molar-refractivity contribution in [1.29, 1.82) is 0 Å². The maximum atomic E-state index is 10.0. The van der Waals surface area contributed by atoms with Gasteiger partial charge >= 0.3 is 0 Å². The lowest BCUT2D eigenvalue weighted by molar-refractivity contribution is 0.100. The minimum atomic E-state index is -0.268. The van der Waals surface area contributed by atoms with Crippen molar-refractivity contribution in [2.75, 3.05) is 7.11 Å². The highest BCUT2D eigenvalue weighted by molar-refractivity contribution is 6.31. The van der Waals surface area contributed by atoms with Gasteiger partial charge in [0.1, 0.15) is 17.1 Å². The van der Waals surface area contributed by atoms with E-state index in [1.54, 1.807) is 24.1 Å². The lowest BCUT2D eigenvalue weighted by Gasteiger charge is -2.25. The molecule has 1 fully saturated rings. The maximum absolute atomic E-state index is 10.0. The van der Waals surface area contributed by atoms with E-state index in [9.17, 15) is 5.11 Å². The van der Waals surface area contributed by atoms with Crippen LogP contribution in [0.3, 0.4) is 0 Å². The summed E-state index contributed by atoms with van der Waals surface area (Å²) in [6.07, 6.45) is 8.92. The number of aromatic nitrogens is 4. The van der Waals surface area contributed by atoms with Gasteiger partial charge in [0, 0.05) is 23.0 Å². The van der Waals surface area contributed by atoms with Gasteiger partial charge in [-0.1, -0.05) is 11.6 Å². The third-order valence-electron chi connectivity index (χ3n) is 4.87. The molecule has 0 saturated heterocycles. The van der Waals surface area contributed by atoms with Crippen molar-refractivity contribution in [1.82, 2.24) is 19.6 Å². The molecule has 1 aromatic carbocycles. The van der Waals surface area contributed by atoms with Crippen LogP contribution in [0.25, 0.3) is 16.9 Å². The normalized spacial score (nSPS) is 20.3. The molecular weight excluding hydrogens is 352 g/mol. The first-order valence-electron chi connectivity index (χ1n) is 8.77. The van der Waals surface area contributed by atoms with Crippen LogP contribution in [0, 0.1) is 0 Å². The van der Waals surface area contributed by atoms with Gasteiger partial charge in [0.2, 0.25) is 0 Å². The summed E-state index contributed by atoms with van der Waals surface area (Å²) in [4.78, 5) is 0. The van der Waals surface area contributed by atoms with Crippen LogP contribution in [0.2, 0.25) is 5.02 Å². The van der Waals surface area contributed by atoms with Gasteiger partial charge in [-0.3, -0.25) is 4.68 Å². The number of aliphatic hydroxyl groups excluding tert-OH is 1. The second-order valence-corrected chi connectivity index (χ2v) is 7.05. The topological polar surface area (TPSA) is 65.1 Å². The molecule has 136 valence electrons. The summed E-state index contributed by atoms with van der Waals surface area (Å²) in [6, 6.07) is 7.54. The van der Waals surface area contributed by atoms with Crippen molar-refractivity contribution in [3.05, 3.63) is 47.9 Å².